The number of carbonyl (C=O) groups excluding carboxylic acids is 1. The van der Waals surface area contributed by atoms with Crippen LogP contribution in [0.2, 0.25) is 0 Å². The molecule has 3 N–H and O–H groups in total. The van der Waals surface area contributed by atoms with Crippen LogP contribution in [0.3, 0.4) is 0 Å². The SMILES string of the molecule is O=Cc1cn[nH]c1-c1ccccc1.Oc1[nH]c(=S)sc1C=C1C=NN=C1c1ccccc1. The number of allylic oxidation sites excluding steroid dienone is 1. The lowest BCUT2D eigenvalue weighted by atomic mass is 10.0. The van der Waals surface area contributed by atoms with Gasteiger partial charge in [-0.2, -0.15) is 10.2 Å². The zero-order valence-electron chi connectivity index (χ0n) is 16.6. The van der Waals surface area contributed by atoms with Gasteiger partial charge < -0.3 is 10.1 Å². The maximum Gasteiger partial charge on any atom is 0.207 e. The molecule has 1 aliphatic rings. The highest BCUT2D eigenvalue weighted by Crippen LogP contribution is 2.26. The maximum absolute atomic E-state index is 10.6. The van der Waals surface area contributed by atoms with Crippen LogP contribution < -0.4 is 0 Å². The average molecular weight is 460 g/mol. The first-order chi connectivity index (χ1) is 15.7. The number of nitrogens with one attached hydrogen (secondary N) is 2. The zero-order valence-corrected chi connectivity index (χ0v) is 18.2. The van der Waals surface area contributed by atoms with E-state index < -0.39 is 0 Å². The van der Waals surface area contributed by atoms with Gasteiger partial charge in [-0.3, -0.25) is 9.89 Å². The highest BCUT2D eigenvalue weighted by molar-refractivity contribution is 7.73. The molecular formula is C23H17N5O2S2. The van der Waals surface area contributed by atoms with Crippen LogP contribution in [0, 0.1) is 3.95 Å². The van der Waals surface area contributed by atoms with Crippen molar-refractivity contribution < 1.29 is 9.90 Å². The summed E-state index contributed by atoms with van der Waals surface area (Å²) in [4.78, 5) is 14.0. The van der Waals surface area contributed by atoms with Crippen LogP contribution in [-0.2, 0) is 0 Å². The van der Waals surface area contributed by atoms with Crippen LogP contribution in [0.1, 0.15) is 20.8 Å². The molecule has 0 saturated carbocycles. The van der Waals surface area contributed by atoms with Gasteiger partial charge in [-0.05, 0) is 18.3 Å². The van der Waals surface area contributed by atoms with E-state index in [0.717, 1.165) is 34.4 Å². The predicted molar refractivity (Wildman–Crippen MR) is 130 cm³/mol. The Balaban J connectivity index is 0.000000165. The first kappa shape index (κ1) is 21.3. The van der Waals surface area contributed by atoms with E-state index in [1.54, 1.807) is 6.21 Å². The molecule has 9 heteroatoms. The lowest BCUT2D eigenvalue weighted by Gasteiger charge is -2.01. The summed E-state index contributed by atoms with van der Waals surface area (Å²) in [6, 6.07) is 19.4. The summed E-state index contributed by atoms with van der Waals surface area (Å²) in [6.07, 6.45) is 5.82. The summed E-state index contributed by atoms with van der Waals surface area (Å²) in [5, 5.41) is 24.4. The summed E-state index contributed by atoms with van der Waals surface area (Å²) in [7, 11) is 0. The van der Waals surface area contributed by atoms with Gasteiger partial charge in [0, 0.05) is 16.7 Å². The highest BCUT2D eigenvalue weighted by atomic mass is 32.1. The Bertz CT molecular complexity index is 1370. The average Bonchev–Trinajstić information content (AvgIpc) is 3.56. The molecule has 4 aromatic rings. The van der Waals surface area contributed by atoms with E-state index in [9.17, 15) is 9.90 Å². The summed E-state index contributed by atoms with van der Waals surface area (Å²) >= 11 is 6.31. The number of H-pyrrole nitrogens is 2. The third-order valence-electron chi connectivity index (χ3n) is 4.48. The summed E-state index contributed by atoms with van der Waals surface area (Å²) in [5.74, 6) is 0.0789. The van der Waals surface area contributed by atoms with E-state index in [-0.39, 0.29) is 5.88 Å². The lowest BCUT2D eigenvalue weighted by molar-refractivity contribution is 0.112. The van der Waals surface area contributed by atoms with Crippen LogP contribution >= 0.6 is 23.6 Å². The Morgan fingerprint density at radius 3 is 2.31 bits per heavy atom. The molecule has 5 rings (SSSR count). The smallest absolute Gasteiger partial charge is 0.207 e. The Labute approximate surface area is 192 Å². The molecule has 0 amide bonds. The zero-order chi connectivity index (χ0) is 22.3. The molecule has 0 saturated heterocycles. The molecular weight excluding hydrogens is 442 g/mol. The Morgan fingerprint density at radius 2 is 1.69 bits per heavy atom. The molecule has 158 valence electrons. The molecule has 2 aromatic heterocycles. The normalized spacial score (nSPS) is 13.5. The molecule has 0 radical (unpaired) electrons. The van der Waals surface area contributed by atoms with Gasteiger partial charge in [-0.25, -0.2) is 0 Å². The Hall–Kier alpha value is -3.95. The van der Waals surface area contributed by atoms with Crippen molar-refractivity contribution in [3.05, 3.63) is 92.4 Å². The molecule has 0 unspecified atom stereocenters. The van der Waals surface area contributed by atoms with Crippen molar-refractivity contribution in [2.75, 3.05) is 0 Å². The maximum atomic E-state index is 10.6. The standard InChI is InChI=1S/C13H9N3OS2.C10H8N2O/c17-12-10(19-13(18)15-12)6-9-7-14-16-11(9)8-4-2-1-3-5-8;13-7-9-6-11-12-10(9)8-4-2-1-3-5-8/h1-7,17H,(H,15,18);1-7H,(H,11,12). The van der Waals surface area contributed by atoms with Crippen molar-refractivity contribution in [3.63, 3.8) is 0 Å². The number of hydrogen-bond donors (Lipinski definition) is 3. The van der Waals surface area contributed by atoms with E-state index in [4.69, 9.17) is 12.2 Å². The van der Waals surface area contributed by atoms with Gasteiger partial charge >= 0.3 is 0 Å². The largest absolute Gasteiger partial charge is 0.494 e. The Kier molecular flexibility index (Phi) is 6.59. The number of nitrogens with zero attached hydrogens (tertiary/aromatic N) is 3. The van der Waals surface area contributed by atoms with Gasteiger partial charge in [0.25, 0.3) is 0 Å². The molecule has 0 spiro atoms. The van der Waals surface area contributed by atoms with E-state index in [1.807, 2.05) is 66.7 Å². The fraction of sp³-hybridized carbons (Fsp3) is 0. The summed E-state index contributed by atoms with van der Waals surface area (Å²) < 4.78 is 0.539. The van der Waals surface area contributed by atoms with E-state index in [1.165, 1.54) is 17.5 Å². The number of benzene rings is 2. The van der Waals surface area contributed by atoms with Crippen LogP contribution in [0.5, 0.6) is 5.88 Å². The first-order valence-electron chi connectivity index (χ1n) is 9.50. The minimum absolute atomic E-state index is 0.0789. The fourth-order valence-corrected chi connectivity index (χ4v) is 4.03. The van der Waals surface area contributed by atoms with E-state index in [2.05, 4.69) is 25.4 Å². The molecule has 0 atom stereocenters. The number of thiazole rings is 1. The van der Waals surface area contributed by atoms with Crippen molar-refractivity contribution >= 4 is 47.8 Å². The topological polar surface area (TPSA) is 106 Å². The first-order valence-corrected chi connectivity index (χ1v) is 10.7. The fourth-order valence-electron chi connectivity index (χ4n) is 2.99. The molecule has 1 aliphatic heterocycles. The highest BCUT2D eigenvalue weighted by Gasteiger charge is 2.14. The monoisotopic (exact) mass is 459 g/mol. The van der Waals surface area contributed by atoms with Gasteiger partial charge in [-0.1, -0.05) is 60.7 Å². The van der Waals surface area contributed by atoms with Crippen molar-refractivity contribution in [1.29, 1.82) is 0 Å². The van der Waals surface area contributed by atoms with Gasteiger partial charge in [0.05, 0.1) is 28.5 Å². The van der Waals surface area contributed by atoms with E-state index in [0.29, 0.717) is 14.4 Å². The number of carbonyl (C=O) groups is 1. The van der Waals surface area contributed by atoms with Crippen LogP contribution in [0.15, 0.2) is 82.6 Å². The van der Waals surface area contributed by atoms with Crippen molar-refractivity contribution in [3.8, 4) is 17.1 Å². The van der Waals surface area contributed by atoms with Crippen molar-refractivity contribution in [1.82, 2.24) is 15.2 Å². The number of aldehydes is 1. The van der Waals surface area contributed by atoms with Crippen LogP contribution in [0.4, 0.5) is 0 Å². The molecule has 0 bridgehead atoms. The van der Waals surface area contributed by atoms with Crippen molar-refractivity contribution in [2.45, 2.75) is 0 Å². The third kappa shape index (κ3) is 4.85. The number of rotatable bonds is 4. The summed E-state index contributed by atoms with van der Waals surface area (Å²) in [6.45, 7) is 0. The predicted octanol–water partition coefficient (Wildman–Crippen LogP) is 5.27. The lowest BCUT2D eigenvalue weighted by Crippen LogP contribution is -2.01. The number of hydrogen-bond acceptors (Lipinski definition) is 7. The molecule has 2 aromatic carbocycles. The van der Waals surface area contributed by atoms with E-state index >= 15 is 0 Å². The summed E-state index contributed by atoms with van der Waals surface area (Å²) in [5.41, 5.74) is 4.97. The molecule has 32 heavy (non-hydrogen) atoms. The second-order valence-corrected chi connectivity index (χ2v) is 8.29. The number of aromatic amines is 2. The minimum Gasteiger partial charge on any atom is -0.494 e. The van der Waals surface area contributed by atoms with Crippen LogP contribution in [0.25, 0.3) is 17.3 Å². The number of aromatic hydroxyl groups is 1. The van der Waals surface area contributed by atoms with Gasteiger partial charge in [0.1, 0.15) is 5.71 Å². The van der Waals surface area contributed by atoms with Crippen molar-refractivity contribution in [2.24, 2.45) is 10.2 Å². The van der Waals surface area contributed by atoms with Gasteiger partial charge in [0.2, 0.25) is 5.88 Å². The molecule has 0 fully saturated rings. The second kappa shape index (κ2) is 9.90. The van der Waals surface area contributed by atoms with Gasteiger partial charge in [-0.15, -0.1) is 16.4 Å². The third-order valence-corrected chi connectivity index (χ3v) is 5.65. The molecule has 7 nitrogen and oxygen atoms in total. The Morgan fingerprint density at radius 1 is 1.00 bits per heavy atom. The quantitative estimate of drug-likeness (QED) is 0.285. The van der Waals surface area contributed by atoms with Crippen LogP contribution in [-0.4, -0.2) is 38.5 Å². The van der Waals surface area contributed by atoms with Gasteiger partial charge in [0.15, 0.2) is 10.2 Å². The molecule has 3 heterocycles. The second-order valence-electron chi connectivity index (χ2n) is 6.57. The number of aromatic nitrogens is 3. The minimum atomic E-state index is 0.0789. The molecule has 0 aliphatic carbocycles.